The summed E-state index contributed by atoms with van der Waals surface area (Å²) in [4.78, 5) is 26.0. The van der Waals surface area contributed by atoms with Gasteiger partial charge >= 0.3 is 5.97 Å². The van der Waals surface area contributed by atoms with Gasteiger partial charge in [-0.05, 0) is 32.9 Å². The molecule has 108 valence electrons. The number of benzene rings is 1. The molecule has 1 aromatic rings. The molecular formula is C15H18ClNO3. The SMILES string of the molecule is CC(C)(C)N1CC(CCl)(OC(=O)c2ccccc2)C1=O. The summed E-state index contributed by atoms with van der Waals surface area (Å²) in [6.45, 7) is 6.13. The van der Waals surface area contributed by atoms with Gasteiger partial charge < -0.3 is 9.64 Å². The van der Waals surface area contributed by atoms with Crippen molar-refractivity contribution in [1.82, 2.24) is 4.90 Å². The third-order valence-corrected chi connectivity index (χ3v) is 3.80. The number of esters is 1. The van der Waals surface area contributed by atoms with Crippen LogP contribution < -0.4 is 0 Å². The molecule has 2 rings (SSSR count). The molecule has 0 spiro atoms. The molecule has 0 aliphatic carbocycles. The number of hydrogen-bond acceptors (Lipinski definition) is 3. The first-order valence-electron chi connectivity index (χ1n) is 6.46. The maximum absolute atomic E-state index is 12.3. The lowest BCUT2D eigenvalue weighted by Crippen LogP contribution is -2.73. The minimum absolute atomic E-state index is 0.0308. The van der Waals surface area contributed by atoms with E-state index < -0.39 is 11.6 Å². The Bertz CT molecular complexity index is 524. The highest BCUT2D eigenvalue weighted by Gasteiger charge is 2.58. The van der Waals surface area contributed by atoms with E-state index >= 15 is 0 Å². The van der Waals surface area contributed by atoms with Crippen LogP contribution in [-0.2, 0) is 9.53 Å². The van der Waals surface area contributed by atoms with Gasteiger partial charge in [0.2, 0.25) is 5.60 Å². The van der Waals surface area contributed by atoms with Gasteiger partial charge in [-0.3, -0.25) is 4.79 Å². The number of alkyl halides is 1. The third-order valence-electron chi connectivity index (χ3n) is 3.37. The number of nitrogens with zero attached hydrogens (tertiary/aromatic N) is 1. The predicted molar refractivity (Wildman–Crippen MR) is 76.8 cm³/mol. The van der Waals surface area contributed by atoms with Gasteiger partial charge in [-0.25, -0.2) is 4.79 Å². The highest BCUT2D eigenvalue weighted by molar-refractivity contribution is 6.21. The predicted octanol–water partition coefficient (Wildman–Crippen LogP) is 2.46. The Hall–Kier alpha value is -1.55. The topological polar surface area (TPSA) is 46.6 Å². The van der Waals surface area contributed by atoms with Crippen LogP contribution in [-0.4, -0.2) is 40.3 Å². The molecule has 1 fully saturated rings. The van der Waals surface area contributed by atoms with Gasteiger partial charge in [0.25, 0.3) is 5.91 Å². The van der Waals surface area contributed by atoms with Gasteiger partial charge in [-0.1, -0.05) is 18.2 Å². The molecule has 4 nitrogen and oxygen atoms in total. The van der Waals surface area contributed by atoms with Crippen molar-refractivity contribution >= 4 is 23.5 Å². The molecule has 1 heterocycles. The molecule has 1 aliphatic rings. The van der Waals surface area contributed by atoms with Gasteiger partial charge in [0.05, 0.1) is 18.0 Å². The highest BCUT2D eigenvalue weighted by atomic mass is 35.5. The van der Waals surface area contributed by atoms with Crippen LogP contribution >= 0.6 is 11.6 Å². The van der Waals surface area contributed by atoms with Gasteiger partial charge in [-0.15, -0.1) is 11.6 Å². The van der Waals surface area contributed by atoms with E-state index in [1.165, 1.54) is 0 Å². The average Bonchev–Trinajstić information content (AvgIpc) is 2.41. The standard InChI is InChI=1S/C15H18ClNO3/c1-14(2,3)17-10-15(9-16,13(17)19)20-12(18)11-7-5-4-6-8-11/h4-8H,9-10H2,1-3H3. The number of rotatable bonds is 3. The fourth-order valence-corrected chi connectivity index (χ4v) is 2.36. The Morgan fingerprint density at radius 2 is 1.95 bits per heavy atom. The number of β-lactam (4-membered cyclic amide) rings is 1. The summed E-state index contributed by atoms with van der Waals surface area (Å²) in [6.07, 6.45) is 0. The van der Waals surface area contributed by atoms with Crippen LogP contribution in [0.25, 0.3) is 0 Å². The smallest absolute Gasteiger partial charge is 0.339 e. The van der Waals surface area contributed by atoms with E-state index in [1.54, 1.807) is 29.2 Å². The monoisotopic (exact) mass is 295 g/mol. The summed E-state index contributed by atoms with van der Waals surface area (Å²) in [5.41, 5.74) is -1.10. The largest absolute Gasteiger partial charge is 0.442 e. The molecule has 1 unspecified atom stereocenters. The molecule has 0 bridgehead atoms. The minimum Gasteiger partial charge on any atom is -0.442 e. The van der Waals surface area contributed by atoms with Crippen LogP contribution in [0.5, 0.6) is 0 Å². The second kappa shape index (κ2) is 5.09. The zero-order valence-corrected chi connectivity index (χ0v) is 12.6. The van der Waals surface area contributed by atoms with E-state index in [9.17, 15) is 9.59 Å². The molecule has 0 saturated carbocycles. The van der Waals surface area contributed by atoms with E-state index in [1.807, 2.05) is 26.8 Å². The maximum Gasteiger partial charge on any atom is 0.339 e. The second-order valence-electron chi connectivity index (χ2n) is 5.95. The third kappa shape index (κ3) is 2.52. The van der Waals surface area contributed by atoms with E-state index in [2.05, 4.69) is 0 Å². The summed E-state index contributed by atoms with van der Waals surface area (Å²) in [5.74, 6) is -0.783. The summed E-state index contributed by atoms with van der Waals surface area (Å²) >= 11 is 5.88. The maximum atomic E-state index is 12.3. The van der Waals surface area contributed by atoms with E-state index in [0.29, 0.717) is 12.1 Å². The first-order valence-corrected chi connectivity index (χ1v) is 7.00. The molecule has 1 amide bonds. The van der Waals surface area contributed by atoms with Crippen LogP contribution in [0.4, 0.5) is 0 Å². The lowest BCUT2D eigenvalue weighted by atomic mass is 9.88. The van der Waals surface area contributed by atoms with Crippen molar-refractivity contribution < 1.29 is 14.3 Å². The Labute approximate surface area is 123 Å². The quantitative estimate of drug-likeness (QED) is 0.489. The molecule has 0 N–H and O–H groups in total. The molecule has 1 aliphatic heterocycles. The van der Waals surface area contributed by atoms with Gasteiger partial charge in [0, 0.05) is 5.54 Å². The Balaban J connectivity index is 2.12. The van der Waals surface area contributed by atoms with Crippen LogP contribution in [0.3, 0.4) is 0 Å². The van der Waals surface area contributed by atoms with E-state index in [0.717, 1.165) is 0 Å². The normalized spacial score (nSPS) is 22.4. The van der Waals surface area contributed by atoms with Crippen LogP contribution in [0.1, 0.15) is 31.1 Å². The van der Waals surface area contributed by atoms with Crippen LogP contribution in [0.15, 0.2) is 30.3 Å². The average molecular weight is 296 g/mol. The first kappa shape index (κ1) is 14.9. The van der Waals surface area contributed by atoms with E-state index in [-0.39, 0.29) is 17.3 Å². The Kier molecular flexibility index (Phi) is 3.78. The van der Waals surface area contributed by atoms with Crippen molar-refractivity contribution in [1.29, 1.82) is 0 Å². The van der Waals surface area contributed by atoms with Gasteiger partial charge in [0.15, 0.2) is 0 Å². The zero-order valence-electron chi connectivity index (χ0n) is 11.9. The number of carbonyl (C=O) groups is 2. The van der Waals surface area contributed by atoms with Crippen molar-refractivity contribution in [3.63, 3.8) is 0 Å². The number of halogens is 1. The number of ether oxygens (including phenoxy) is 1. The first-order chi connectivity index (χ1) is 9.30. The summed E-state index contributed by atoms with van der Waals surface area (Å²) in [6, 6.07) is 8.59. The van der Waals surface area contributed by atoms with Crippen molar-refractivity contribution in [3.05, 3.63) is 35.9 Å². The van der Waals surface area contributed by atoms with Crippen LogP contribution in [0, 0.1) is 0 Å². The summed E-state index contributed by atoms with van der Waals surface area (Å²) < 4.78 is 5.38. The molecule has 0 aromatic heterocycles. The fourth-order valence-electron chi connectivity index (χ4n) is 2.10. The van der Waals surface area contributed by atoms with Crippen molar-refractivity contribution in [2.75, 3.05) is 12.4 Å². The highest BCUT2D eigenvalue weighted by Crippen LogP contribution is 2.34. The van der Waals surface area contributed by atoms with Crippen molar-refractivity contribution in [2.24, 2.45) is 0 Å². The molecule has 1 atom stereocenters. The van der Waals surface area contributed by atoms with Crippen molar-refractivity contribution in [2.45, 2.75) is 31.9 Å². The molecule has 0 radical (unpaired) electrons. The van der Waals surface area contributed by atoms with Gasteiger partial charge in [-0.2, -0.15) is 0 Å². The molecular weight excluding hydrogens is 278 g/mol. The summed E-state index contributed by atoms with van der Waals surface area (Å²) in [5, 5.41) is 0. The lowest BCUT2D eigenvalue weighted by molar-refractivity contribution is -0.181. The zero-order chi connectivity index (χ0) is 15.0. The van der Waals surface area contributed by atoms with Gasteiger partial charge in [0.1, 0.15) is 0 Å². The lowest BCUT2D eigenvalue weighted by Gasteiger charge is -2.52. The number of likely N-dealkylation sites (tertiary alicyclic amines) is 1. The van der Waals surface area contributed by atoms with E-state index in [4.69, 9.17) is 16.3 Å². The summed E-state index contributed by atoms with van der Waals surface area (Å²) in [7, 11) is 0. The van der Waals surface area contributed by atoms with Crippen molar-refractivity contribution in [3.8, 4) is 0 Å². The number of amides is 1. The molecule has 20 heavy (non-hydrogen) atoms. The van der Waals surface area contributed by atoms with Crippen LogP contribution in [0.2, 0.25) is 0 Å². The fraction of sp³-hybridized carbons (Fsp3) is 0.467. The number of hydrogen-bond donors (Lipinski definition) is 0. The second-order valence-corrected chi connectivity index (χ2v) is 6.21. The molecule has 1 aromatic carbocycles. The molecule has 1 saturated heterocycles. The molecule has 5 heteroatoms. The Morgan fingerprint density at radius 1 is 1.35 bits per heavy atom. The number of carbonyl (C=O) groups excluding carboxylic acids is 2. The minimum atomic E-state index is -1.22. The Morgan fingerprint density at radius 3 is 2.40 bits per heavy atom.